The van der Waals surface area contributed by atoms with E-state index >= 15 is 0 Å². The smallest absolute Gasteiger partial charge is 0.340 e. The number of aromatic nitrogens is 1. The van der Waals surface area contributed by atoms with E-state index in [1.165, 1.54) is 0 Å². The summed E-state index contributed by atoms with van der Waals surface area (Å²) in [4.78, 5) is 30.3. The first-order valence-corrected chi connectivity index (χ1v) is 11.1. The lowest BCUT2D eigenvalue weighted by molar-refractivity contribution is 0.00708. The highest BCUT2D eigenvalue weighted by Gasteiger charge is 2.22. The molecule has 0 unspecified atom stereocenters. The molecule has 1 heterocycles. The Bertz CT molecular complexity index is 1310. The van der Waals surface area contributed by atoms with Gasteiger partial charge in [-0.1, -0.05) is 66.7 Å². The van der Waals surface area contributed by atoms with E-state index in [4.69, 9.17) is 4.74 Å². The van der Waals surface area contributed by atoms with Crippen LogP contribution in [0.1, 0.15) is 41.6 Å². The van der Waals surface area contributed by atoms with Gasteiger partial charge in [-0.05, 0) is 67.3 Å². The van der Waals surface area contributed by atoms with Crippen LogP contribution in [-0.2, 0) is 4.74 Å². The number of carbonyl (C=O) groups is 2. The number of ether oxygens (including phenoxy) is 1. The highest BCUT2D eigenvalue weighted by Crippen LogP contribution is 2.28. The Morgan fingerprint density at radius 3 is 1.91 bits per heavy atom. The topological polar surface area (TPSA) is 68.3 Å². The van der Waals surface area contributed by atoms with Crippen LogP contribution in [0.5, 0.6) is 0 Å². The molecule has 0 spiro atoms. The third-order valence-corrected chi connectivity index (χ3v) is 5.09. The minimum atomic E-state index is -0.665. The molecule has 3 aromatic carbocycles. The SMILES string of the molecule is CC(C)(C)OC(=O)c1ccc(-c2ccccc2)cc1NC(=O)c1cc(-c2ccccc2)ccn1. The van der Waals surface area contributed by atoms with Crippen LogP contribution in [0.4, 0.5) is 5.69 Å². The molecule has 0 aliphatic heterocycles. The number of nitrogens with one attached hydrogen (secondary N) is 1. The van der Waals surface area contributed by atoms with Crippen LogP contribution in [0.2, 0.25) is 0 Å². The monoisotopic (exact) mass is 450 g/mol. The van der Waals surface area contributed by atoms with Gasteiger partial charge in [-0.15, -0.1) is 0 Å². The summed E-state index contributed by atoms with van der Waals surface area (Å²) in [5, 5.41) is 2.88. The fourth-order valence-electron chi connectivity index (χ4n) is 3.52. The first kappa shape index (κ1) is 22.9. The largest absolute Gasteiger partial charge is 0.456 e. The summed E-state index contributed by atoms with van der Waals surface area (Å²) in [5.41, 5.74) is 3.94. The van der Waals surface area contributed by atoms with Crippen LogP contribution >= 0.6 is 0 Å². The molecule has 5 heteroatoms. The molecule has 0 fully saturated rings. The van der Waals surface area contributed by atoms with Gasteiger partial charge in [0, 0.05) is 6.20 Å². The number of rotatable bonds is 5. The lowest BCUT2D eigenvalue weighted by atomic mass is 10.0. The molecule has 0 saturated heterocycles. The Labute approximate surface area is 199 Å². The van der Waals surface area contributed by atoms with Crippen molar-refractivity contribution in [3.8, 4) is 22.3 Å². The average Bonchev–Trinajstić information content (AvgIpc) is 2.84. The number of hydrogen-bond acceptors (Lipinski definition) is 4. The van der Waals surface area contributed by atoms with Gasteiger partial charge in [-0.2, -0.15) is 0 Å². The maximum absolute atomic E-state index is 13.2. The van der Waals surface area contributed by atoms with E-state index < -0.39 is 17.5 Å². The van der Waals surface area contributed by atoms with E-state index in [0.717, 1.165) is 22.3 Å². The van der Waals surface area contributed by atoms with Crippen molar-refractivity contribution in [1.29, 1.82) is 0 Å². The molecule has 0 aliphatic carbocycles. The van der Waals surface area contributed by atoms with E-state index in [-0.39, 0.29) is 11.3 Å². The number of amides is 1. The summed E-state index contributed by atoms with van der Waals surface area (Å²) in [6.07, 6.45) is 1.60. The normalized spacial score (nSPS) is 11.0. The molecule has 34 heavy (non-hydrogen) atoms. The standard InChI is InChI=1S/C29H26N2O3/c1-29(2,3)34-28(33)24-15-14-22(20-10-6-4-7-11-20)18-25(24)31-27(32)26-19-23(16-17-30-26)21-12-8-5-9-13-21/h4-19H,1-3H3,(H,31,32). The predicted octanol–water partition coefficient (Wildman–Crippen LogP) is 6.62. The molecule has 4 rings (SSSR count). The van der Waals surface area contributed by atoms with E-state index in [2.05, 4.69) is 10.3 Å². The highest BCUT2D eigenvalue weighted by molar-refractivity contribution is 6.08. The number of benzene rings is 3. The van der Waals surface area contributed by atoms with Gasteiger partial charge in [0.15, 0.2) is 0 Å². The molecule has 0 radical (unpaired) electrons. The Balaban J connectivity index is 1.69. The molecule has 1 N–H and O–H groups in total. The van der Waals surface area contributed by atoms with Crippen LogP contribution in [0.3, 0.4) is 0 Å². The molecule has 1 aromatic heterocycles. The molecule has 5 nitrogen and oxygen atoms in total. The molecule has 0 atom stereocenters. The van der Waals surface area contributed by atoms with Gasteiger partial charge in [0.2, 0.25) is 0 Å². The van der Waals surface area contributed by atoms with Gasteiger partial charge in [-0.25, -0.2) is 4.79 Å². The first-order chi connectivity index (χ1) is 16.3. The number of pyridine rings is 1. The van der Waals surface area contributed by atoms with Crippen LogP contribution in [0.15, 0.2) is 97.2 Å². The molecule has 0 aliphatic rings. The molecular formula is C29H26N2O3. The van der Waals surface area contributed by atoms with Crippen molar-refractivity contribution < 1.29 is 14.3 Å². The van der Waals surface area contributed by atoms with Crippen molar-refractivity contribution in [2.24, 2.45) is 0 Å². The van der Waals surface area contributed by atoms with Gasteiger partial charge in [-0.3, -0.25) is 9.78 Å². The predicted molar refractivity (Wildman–Crippen MR) is 135 cm³/mol. The zero-order valence-electron chi connectivity index (χ0n) is 19.4. The number of carbonyl (C=O) groups excluding carboxylic acids is 2. The minimum absolute atomic E-state index is 0.251. The van der Waals surface area contributed by atoms with E-state index in [1.54, 1.807) is 45.2 Å². The lowest BCUT2D eigenvalue weighted by Gasteiger charge is -2.21. The quantitative estimate of drug-likeness (QED) is 0.347. The zero-order chi connectivity index (χ0) is 24.1. The second kappa shape index (κ2) is 9.71. The number of nitrogens with zero attached hydrogens (tertiary/aromatic N) is 1. The van der Waals surface area contributed by atoms with Gasteiger partial charge in [0.05, 0.1) is 11.3 Å². The average molecular weight is 451 g/mol. The Morgan fingerprint density at radius 1 is 0.735 bits per heavy atom. The Morgan fingerprint density at radius 2 is 1.32 bits per heavy atom. The first-order valence-electron chi connectivity index (χ1n) is 11.1. The number of hydrogen-bond donors (Lipinski definition) is 1. The summed E-state index contributed by atoms with van der Waals surface area (Å²) in [7, 11) is 0. The second-order valence-electron chi connectivity index (χ2n) is 8.88. The molecule has 170 valence electrons. The van der Waals surface area contributed by atoms with Crippen molar-refractivity contribution in [2.75, 3.05) is 5.32 Å². The molecule has 4 aromatic rings. The zero-order valence-corrected chi connectivity index (χ0v) is 19.4. The van der Waals surface area contributed by atoms with Crippen LogP contribution in [-0.4, -0.2) is 22.5 Å². The van der Waals surface area contributed by atoms with E-state index in [9.17, 15) is 9.59 Å². The second-order valence-corrected chi connectivity index (χ2v) is 8.88. The van der Waals surface area contributed by atoms with Crippen molar-refractivity contribution in [1.82, 2.24) is 4.98 Å². The van der Waals surface area contributed by atoms with E-state index in [0.29, 0.717) is 5.69 Å². The van der Waals surface area contributed by atoms with E-state index in [1.807, 2.05) is 72.8 Å². The highest BCUT2D eigenvalue weighted by atomic mass is 16.6. The fraction of sp³-hybridized carbons (Fsp3) is 0.138. The number of esters is 1. The Kier molecular flexibility index (Phi) is 6.55. The lowest BCUT2D eigenvalue weighted by Crippen LogP contribution is -2.25. The van der Waals surface area contributed by atoms with Gasteiger partial charge in [0.1, 0.15) is 11.3 Å². The van der Waals surface area contributed by atoms with Gasteiger partial charge < -0.3 is 10.1 Å². The maximum atomic E-state index is 13.2. The maximum Gasteiger partial charge on any atom is 0.340 e. The molecule has 1 amide bonds. The van der Waals surface area contributed by atoms with Crippen LogP contribution in [0.25, 0.3) is 22.3 Å². The molecular weight excluding hydrogens is 424 g/mol. The minimum Gasteiger partial charge on any atom is -0.456 e. The Hall–Kier alpha value is -4.25. The summed E-state index contributed by atoms with van der Waals surface area (Å²) in [6.45, 7) is 5.42. The third kappa shape index (κ3) is 5.56. The summed E-state index contributed by atoms with van der Waals surface area (Å²) < 4.78 is 5.57. The van der Waals surface area contributed by atoms with Crippen molar-refractivity contribution >= 4 is 17.6 Å². The van der Waals surface area contributed by atoms with Crippen LogP contribution < -0.4 is 5.32 Å². The third-order valence-electron chi connectivity index (χ3n) is 5.09. The fourth-order valence-corrected chi connectivity index (χ4v) is 3.52. The summed E-state index contributed by atoms with van der Waals surface area (Å²) >= 11 is 0. The number of anilines is 1. The van der Waals surface area contributed by atoms with Crippen molar-refractivity contribution in [2.45, 2.75) is 26.4 Å². The van der Waals surface area contributed by atoms with Gasteiger partial charge in [0.25, 0.3) is 5.91 Å². The summed E-state index contributed by atoms with van der Waals surface area (Å²) in [5.74, 6) is -0.916. The summed E-state index contributed by atoms with van der Waals surface area (Å²) in [6, 6.07) is 28.4. The van der Waals surface area contributed by atoms with Gasteiger partial charge >= 0.3 is 5.97 Å². The molecule has 0 bridgehead atoms. The van der Waals surface area contributed by atoms with Crippen LogP contribution in [0, 0.1) is 0 Å². The molecule has 0 saturated carbocycles. The van der Waals surface area contributed by atoms with Crippen molar-refractivity contribution in [3.05, 3.63) is 108 Å². The van der Waals surface area contributed by atoms with Crippen molar-refractivity contribution in [3.63, 3.8) is 0 Å².